The number of anilines is 1. The first-order valence-electron chi connectivity index (χ1n) is 6.83. The van der Waals surface area contributed by atoms with Crippen LogP contribution >= 0.6 is 0 Å². The zero-order chi connectivity index (χ0) is 15.7. The van der Waals surface area contributed by atoms with Crippen molar-refractivity contribution in [3.8, 4) is 0 Å². The minimum absolute atomic E-state index is 0.0443. The van der Waals surface area contributed by atoms with Gasteiger partial charge in [0, 0.05) is 18.7 Å². The van der Waals surface area contributed by atoms with Gasteiger partial charge in [-0.15, -0.1) is 0 Å². The standard InChI is InChI=1S/C13H19N3O4S/c1-2-13(6-3-7-13)9-15-21(19,20)12-5-4-10(16(17)18)8-11(12)14/h4-5,8,15H,2-3,6-7,9,14H2,1H3. The lowest BCUT2D eigenvalue weighted by Gasteiger charge is -2.41. The Bertz CT molecular complexity index is 648. The lowest BCUT2D eigenvalue weighted by Crippen LogP contribution is -2.41. The van der Waals surface area contributed by atoms with Crippen LogP contribution in [-0.2, 0) is 10.0 Å². The van der Waals surface area contributed by atoms with Crippen LogP contribution in [-0.4, -0.2) is 19.9 Å². The molecular formula is C13H19N3O4S. The van der Waals surface area contributed by atoms with Crippen LogP contribution in [0.2, 0.25) is 0 Å². The average Bonchev–Trinajstić information content (AvgIpc) is 2.37. The van der Waals surface area contributed by atoms with Crippen molar-refractivity contribution in [3.63, 3.8) is 0 Å². The number of non-ortho nitro benzene ring substituents is 1. The van der Waals surface area contributed by atoms with Crippen LogP contribution in [0.1, 0.15) is 32.6 Å². The summed E-state index contributed by atoms with van der Waals surface area (Å²) in [4.78, 5) is 9.92. The normalized spacial score (nSPS) is 17.2. The van der Waals surface area contributed by atoms with Crippen LogP contribution in [0.3, 0.4) is 0 Å². The molecule has 1 saturated carbocycles. The number of nitrogens with one attached hydrogen (secondary N) is 1. The molecule has 1 aromatic rings. The molecule has 0 aromatic heterocycles. The van der Waals surface area contributed by atoms with Crippen molar-refractivity contribution in [1.82, 2.24) is 4.72 Å². The van der Waals surface area contributed by atoms with Crippen LogP contribution in [0.5, 0.6) is 0 Å². The Morgan fingerprint density at radius 3 is 2.52 bits per heavy atom. The third kappa shape index (κ3) is 3.16. The smallest absolute Gasteiger partial charge is 0.271 e. The Balaban J connectivity index is 2.18. The number of nitro benzene ring substituents is 1. The van der Waals surface area contributed by atoms with Crippen LogP contribution in [0.15, 0.2) is 23.1 Å². The Kier molecular flexibility index (Phi) is 4.20. The van der Waals surface area contributed by atoms with Crippen LogP contribution < -0.4 is 10.5 Å². The zero-order valence-corrected chi connectivity index (χ0v) is 12.6. The second kappa shape index (κ2) is 5.61. The molecule has 3 N–H and O–H groups in total. The van der Waals surface area contributed by atoms with Crippen LogP contribution in [0, 0.1) is 15.5 Å². The zero-order valence-electron chi connectivity index (χ0n) is 11.8. The number of rotatable bonds is 6. The maximum absolute atomic E-state index is 12.3. The van der Waals surface area contributed by atoms with Crippen molar-refractivity contribution in [3.05, 3.63) is 28.3 Å². The van der Waals surface area contributed by atoms with Gasteiger partial charge in [0.2, 0.25) is 10.0 Å². The lowest BCUT2D eigenvalue weighted by molar-refractivity contribution is -0.384. The van der Waals surface area contributed by atoms with Crippen LogP contribution in [0.4, 0.5) is 11.4 Å². The molecule has 0 radical (unpaired) electrons. The molecule has 0 unspecified atom stereocenters. The molecule has 21 heavy (non-hydrogen) atoms. The third-order valence-electron chi connectivity index (χ3n) is 4.30. The second-order valence-electron chi connectivity index (χ2n) is 5.51. The molecule has 0 aliphatic heterocycles. The molecule has 1 aromatic carbocycles. The minimum Gasteiger partial charge on any atom is -0.397 e. The maximum atomic E-state index is 12.3. The number of nitro groups is 1. The molecule has 116 valence electrons. The summed E-state index contributed by atoms with van der Waals surface area (Å²) in [6.07, 6.45) is 4.07. The summed E-state index contributed by atoms with van der Waals surface area (Å²) >= 11 is 0. The fraction of sp³-hybridized carbons (Fsp3) is 0.538. The number of nitrogens with two attached hydrogens (primary N) is 1. The van der Waals surface area contributed by atoms with E-state index in [1.807, 2.05) is 6.92 Å². The molecule has 0 spiro atoms. The van der Waals surface area contributed by atoms with Gasteiger partial charge in [0.15, 0.2) is 0 Å². The Morgan fingerprint density at radius 2 is 2.10 bits per heavy atom. The van der Waals surface area contributed by atoms with E-state index in [0.29, 0.717) is 6.54 Å². The molecule has 1 aliphatic rings. The molecular weight excluding hydrogens is 294 g/mol. The molecule has 0 bridgehead atoms. The van der Waals surface area contributed by atoms with Crippen molar-refractivity contribution in [2.24, 2.45) is 5.41 Å². The van der Waals surface area contributed by atoms with Gasteiger partial charge in [-0.1, -0.05) is 13.3 Å². The molecule has 0 heterocycles. The van der Waals surface area contributed by atoms with E-state index in [2.05, 4.69) is 4.72 Å². The van der Waals surface area contributed by atoms with E-state index in [9.17, 15) is 18.5 Å². The number of nitrogens with zero attached hydrogens (tertiary/aromatic N) is 1. The monoisotopic (exact) mass is 313 g/mol. The highest BCUT2D eigenvalue weighted by atomic mass is 32.2. The molecule has 1 fully saturated rings. The minimum atomic E-state index is -3.75. The summed E-state index contributed by atoms with van der Waals surface area (Å²) in [5.41, 5.74) is 5.34. The van der Waals surface area contributed by atoms with Crippen molar-refractivity contribution in [1.29, 1.82) is 0 Å². The predicted octanol–water partition coefficient (Wildman–Crippen LogP) is 2.04. The van der Waals surface area contributed by atoms with E-state index >= 15 is 0 Å². The Labute approximate surface area is 123 Å². The molecule has 2 rings (SSSR count). The van der Waals surface area contributed by atoms with Gasteiger partial charge in [-0.05, 0) is 30.7 Å². The first-order chi connectivity index (χ1) is 9.80. The number of benzene rings is 1. The summed E-state index contributed by atoms with van der Waals surface area (Å²) in [6, 6.07) is 3.38. The highest BCUT2D eigenvalue weighted by molar-refractivity contribution is 7.89. The number of hydrogen-bond donors (Lipinski definition) is 2. The van der Waals surface area contributed by atoms with Crippen LogP contribution in [0.25, 0.3) is 0 Å². The Morgan fingerprint density at radius 1 is 1.43 bits per heavy atom. The fourth-order valence-corrected chi connectivity index (χ4v) is 3.82. The van der Waals surface area contributed by atoms with Crippen molar-refractivity contribution < 1.29 is 13.3 Å². The molecule has 1 aliphatic carbocycles. The van der Waals surface area contributed by atoms with Gasteiger partial charge in [0.25, 0.3) is 5.69 Å². The number of hydrogen-bond acceptors (Lipinski definition) is 5. The van der Waals surface area contributed by atoms with E-state index in [-0.39, 0.29) is 21.7 Å². The molecule has 0 amide bonds. The highest BCUT2D eigenvalue weighted by Gasteiger charge is 2.36. The molecule has 0 saturated heterocycles. The summed E-state index contributed by atoms with van der Waals surface area (Å²) in [5, 5.41) is 10.6. The van der Waals surface area contributed by atoms with Gasteiger partial charge in [-0.3, -0.25) is 10.1 Å². The summed E-state index contributed by atoms with van der Waals surface area (Å²) in [6.45, 7) is 2.43. The predicted molar refractivity (Wildman–Crippen MR) is 79.3 cm³/mol. The summed E-state index contributed by atoms with van der Waals surface area (Å²) in [5.74, 6) is 0. The van der Waals surface area contributed by atoms with Gasteiger partial charge < -0.3 is 5.73 Å². The summed E-state index contributed by atoms with van der Waals surface area (Å²) in [7, 11) is -3.75. The first kappa shape index (κ1) is 15.7. The second-order valence-corrected chi connectivity index (χ2v) is 7.25. The third-order valence-corrected chi connectivity index (χ3v) is 5.77. The van der Waals surface area contributed by atoms with E-state index in [1.54, 1.807) is 0 Å². The lowest BCUT2D eigenvalue weighted by atomic mass is 9.67. The van der Waals surface area contributed by atoms with Crippen molar-refractivity contribution >= 4 is 21.4 Å². The van der Waals surface area contributed by atoms with E-state index in [4.69, 9.17) is 5.73 Å². The molecule has 7 nitrogen and oxygen atoms in total. The maximum Gasteiger partial charge on any atom is 0.271 e. The van der Waals surface area contributed by atoms with E-state index < -0.39 is 14.9 Å². The summed E-state index contributed by atoms with van der Waals surface area (Å²) < 4.78 is 27.1. The van der Waals surface area contributed by atoms with E-state index in [0.717, 1.165) is 37.8 Å². The van der Waals surface area contributed by atoms with E-state index in [1.165, 1.54) is 6.07 Å². The van der Waals surface area contributed by atoms with Gasteiger partial charge in [0.05, 0.1) is 10.6 Å². The highest BCUT2D eigenvalue weighted by Crippen LogP contribution is 2.43. The van der Waals surface area contributed by atoms with Gasteiger partial charge in [0.1, 0.15) is 4.90 Å². The molecule has 8 heteroatoms. The van der Waals surface area contributed by atoms with Crippen molar-refractivity contribution in [2.75, 3.05) is 12.3 Å². The average molecular weight is 313 g/mol. The fourth-order valence-electron chi connectivity index (χ4n) is 2.55. The largest absolute Gasteiger partial charge is 0.397 e. The van der Waals surface area contributed by atoms with Gasteiger partial charge in [-0.2, -0.15) is 0 Å². The Hall–Kier alpha value is -1.67. The van der Waals surface area contributed by atoms with Gasteiger partial charge >= 0.3 is 0 Å². The SMILES string of the molecule is CCC1(CNS(=O)(=O)c2ccc([N+](=O)[O-])cc2N)CCC1. The first-order valence-corrected chi connectivity index (χ1v) is 8.32. The number of sulfonamides is 1. The quantitative estimate of drug-likeness (QED) is 0.473. The van der Waals surface area contributed by atoms with Crippen molar-refractivity contribution in [2.45, 2.75) is 37.5 Å². The number of nitrogen functional groups attached to an aromatic ring is 1. The van der Waals surface area contributed by atoms with Gasteiger partial charge in [-0.25, -0.2) is 13.1 Å². The topological polar surface area (TPSA) is 115 Å². The molecule has 0 atom stereocenters.